The van der Waals surface area contributed by atoms with Crippen molar-refractivity contribution in [3.8, 4) is 5.75 Å². The Balaban J connectivity index is 2.11. The highest BCUT2D eigenvalue weighted by Gasteiger charge is 2.29. The van der Waals surface area contributed by atoms with Crippen molar-refractivity contribution in [1.29, 1.82) is 0 Å². The molecule has 0 aromatic heterocycles. The number of hydrogen-bond donors (Lipinski definition) is 1. The van der Waals surface area contributed by atoms with E-state index in [0.717, 1.165) is 19.4 Å². The van der Waals surface area contributed by atoms with Crippen LogP contribution in [0.3, 0.4) is 0 Å². The number of hydrogen-bond acceptors (Lipinski definition) is 5. The van der Waals surface area contributed by atoms with Crippen molar-refractivity contribution >= 4 is 11.4 Å². The lowest BCUT2D eigenvalue weighted by atomic mass is 10.0. The summed E-state index contributed by atoms with van der Waals surface area (Å²) in [4.78, 5) is 10.5. The molecule has 1 aliphatic rings. The molecule has 1 aliphatic heterocycles. The van der Waals surface area contributed by atoms with Gasteiger partial charge in [-0.3, -0.25) is 10.1 Å². The molecule has 110 valence electrons. The average molecular weight is 280 g/mol. The smallest absolute Gasteiger partial charge is 0.275 e. The van der Waals surface area contributed by atoms with Crippen molar-refractivity contribution in [1.82, 2.24) is 0 Å². The van der Waals surface area contributed by atoms with Crippen LogP contribution in [0.15, 0.2) is 18.2 Å². The van der Waals surface area contributed by atoms with Gasteiger partial charge in [0.05, 0.1) is 23.2 Å². The topological polar surface area (TPSA) is 73.6 Å². The summed E-state index contributed by atoms with van der Waals surface area (Å²) in [6, 6.07) is 4.72. The minimum Gasteiger partial charge on any atom is -0.494 e. The van der Waals surface area contributed by atoms with E-state index < -0.39 is 4.92 Å². The van der Waals surface area contributed by atoms with Crippen LogP contribution in [0.4, 0.5) is 11.4 Å². The molecule has 0 amide bonds. The molecule has 1 atom stereocenters. The van der Waals surface area contributed by atoms with E-state index in [2.05, 4.69) is 5.32 Å². The van der Waals surface area contributed by atoms with Gasteiger partial charge in [-0.2, -0.15) is 0 Å². The number of nitro groups is 1. The number of nitro benzene ring substituents is 1. The molecule has 6 heteroatoms. The Kier molecular flexibility index (Phi) is 4.44. The number of benzene rings is 1. The molecule has 6 nitrogen and oxygen atoms in total. The largest absolute Gasteiger partial charge is 0.494 e. The Morgan fingerprint density at radius 1 is 1.50 bits per heavy atom. The molecule has 1 saturated heterocycles. The molecular weight excluding hydrogens is 260 g/mol. The lowest BCUT2D eigenvalue weighted by molar-refractivity contribution is -0.384. The molecule has 1 unspecified atom stereocenters. The van der Waals surface area contributed by atoms with Crippen molar-refractivity contribution in [3.63, 3.8) is 0 Å². The van der Waals surface area contributed by atoms with Gasteiger partial charge in [-0.1, -0.05) is 0 Å². The molecule has 0 spiro atoms. The first-order chi connectivity index (χ1) is 9.52. The quantitative estimate of drug-likeness (QED) is 0.640. The van der Waals surface area contributed by atoms with Gasteiger partial charge in [-0.25, -0.2) is 0 Å². The fraction of sp³-hybridized carbons (Fsp3) is 0.571. The third-order valence-electron chi connectivity index (χ3n) is 3.38. The van der Waals surface area contributed by atoms with Gasteiger partial charge >= 0.3 is 0 Å². The number of rotatable bonds is 6. The molecular formula is C14H20N2O4. The molecule has 0 radical (unpaired) electrons. The molecule has 1 aromatic carbocycles. The fourth-order valence-electron chi connectivity index (χ4n) is 2.31. The Morgan fingerprint density at radius 2 is 2.30 bits per heavy atom. The van der Waals surface area contributed by atoms with Gasteiger partial charge in [-0.05, 0) is 26.7 Å². The van der Waals surface area contributed by atoms with Gasteiger partial charge in [-0.15, -0.1) is 0 Å². The summed E-state index contributed by atoms with van der Waals surface area (Å²) in [5, 5.41) is 14.1. The fourth-order valence-corrected chi connectivity index (χ4v) is 2.31. The number of ether oxygens (including phenoxy) is 2. The summed E-state index contributed by atoms with van der Waals surface area (Å²) in [7, 11) is 0. The summed E-state index contributed by atoms with van der Waals surface area (Å²) in [5.41, 5.74) is 0.506. The molecule has 1 N–H and O–H groups in total. The third kappa shape index (κ3) is 3.60. The van der Waals surface area contributed by atoms with E-state index in [0.29, 0.717) is 24.6 Å². The van der Waals surface area contributed by atoms with E-state index in [4.69, 9.17) is 9.47 Å². The molecule has 0 bridgehead atoms. The highest BCUT2D eigenvalue weighted by Crippen LogP contribution is 2.29. The molecule has 1 fully saturated rings. The van der Waals surface area contributed by atoms with Crippen LogP contribution in [0.2, 0.25) is 0 Å². The van der Waals surface area contributed by atoms with Gasteiger partial charge in [0.1, 0.15) is 5.75 Å². The van der Waals surface area contributed by atoms with Crippen molar-refractivity contribution in [2.24, 2.45) is 0 Å². The number of nitrogens with one attached hydrogen (secondary N) is 1. The Bertz CT molecular complexity index is 484. The lowest BCUT2D eigenvalue weighted by Gasteiger charge is -2.24. The molecule has 1 heterocycles. The van der Waals surface area contributed by atoms with Crippen LogP contribution in [0.25, 0.3) is 0 Å². The summed E-state index contributed by atoms with van der Waals surface area (Å²) in [6.45, 7) is 5.77. The second kappa shape index (κ2) is 6.09. The van der Waals surface area contributed by atoms with Crippen LogP contribution in [0, 0.1) is 10.1 Å². The van der Waals surface area contributed by atoms with Crippen LogP contribution < -0.4 is 10.1 Å². The zero-order valence-electron chi connectivity index (χ0n) is 11.8. The zero-order valence-corrected chi connectivity index (χ0v) is 11.8. The van der Waals surface area contributed by atoms with Crippen molar-refractivity contribution in [2.45, 2.75) is 32.3 Å². The van der Waals surface area contributed by atoms with E-state index >= 15 is 0 Å². The maximum Gasteiger partial charge on any atom is 0.275 e. The minimum absolute atomic E-state index is 0.0240. The van der Waals surface area contributed by atoms with Crippen molar-refractivity contribution in [2.75, 3.05) is 25.1 Å². The molecule has 0 saturated carbocycles. The minimum atomic E-state index is -0.415. The second-order valence-electron chi connectivity index (χ2n) is 5.16. The first-order valence-corrected chi connectivity index (χ1v) is 6.82. The monoisotopic (exact) mass is 280 g/mol. The van der Waals surface area contributed by atoms with Gasteiger partial charge in [0.15, 0.2) is 0 Å². The summed E-state index contributed by atoms with van der Waals surface area (Å²) in [6.07, 6.45) is 2.05. The highest BCUT2D eigenvalue weighted by molar-refractivity contribution is 5.56. The average Bonchev–Trinajstić information content (AvgIpc) is 2.84. The number of nitrogens with zero attached hydrogens (tertiary/aromatic N) is 1. The van der Waals surface area contributed by atoms with Crippen molar-refractivity contribution < 1.29 is 14.4 Å². The lowest BCUT2D eigenvalue weighted by Crippen LogP contribution is -2.32. The SMILES string of the molecule is CCOc1cc(NCC2(C)CCCO2)cc([N+](=O)[O-])c1. The maximum atomic E-state index is 10.9. The van der Waals surface area contributed by atoms with Gasteiger partial charge in [0, 0.05) is 31.0 Å². The van der Waals surface area contributed by atoms with Crippen LogP contribution in [-0.4, -0.2) is 30.3 Å². The van der Waals surface area contributed by atoms with E-state index in [1.807, 2.05) is 13.8 Å². The second-order valence-corrected chi connectivity index (χ2v) is 5.16. The van der Waals surface area contributed by atoms with Gasteiger partial charge in [0.25, 0.3) is 5.69 Å². The van der Waals surface area contributed by atoms with Crippen molar-refractivity contribution in [3.05, 3.63) is 28.3 Å². The molecule has 2 rings (SSSR count). The van der Waals surface area contributed by atoms with Gasteiger partial charge in [0.2, 0.25) is 0 Å². The van der Waals surface area contributed by atoms with Gasteiger partial charge < -0.3 is 14.8 Å². The molecule has 20 heavy (non-hydrogen) atoms. The molecule has 0 aliphatic carbocycles. The Labute approximate surface area is 118 Å². The van der Waals surface area contributed by atoms with E-state index in [1.54, 1.807) is 6.07 Å². The van der Waals surface area contributed by atoms with Crippen LogP contribution >= 0.6 is 0 Å². The summed E-state index contributed by atoms with van der Waals surface area (Å²) in [5.74, 6) is 0.502. The Morgan fingerprint density at radius 3 is 2.90 bits per heavy atom. The molecule has 1 aromatic rings. The number of non-ortho nitro benzene ring substituents is 1. The first kappa shape index (κ1) is 14.6. The highest BCUT2D eigenvalue weighted by atomic mass is 16.6. The van der Waals surface area contributed by atoms with E-state index in [-0.39, 0.29) is 11.3 Å². The van der Waals surface area contributed by atoms with E-state index in [1.165, 1.54) is 12.1 Å². The first-order valence-electron chi connectivity index (χ1n) is 6.82. The predicted octanol–water partition coefficient (Wildman–Crippen LogP) is 2.97. The van der Waals surface area contributed by atoms with Crippen LogP contribution in [0.1, 0.15) is 26.7 Å². The van der Waals surface area contributed by atoms with Crippen LogP contribution in [-0.2, 0) is 4.74 Å². The number of anilines is 1. The maximum absolute atomic E-state index is 10.9. The summed E-state index contributed by atoms with van der Waals surface area (Å²) >= 11 is 0. The summed E-state index contributed by atoms with van der Waals surface area (Å²) < 4.78 is 11.0. The predicted molar refractivity (Wildman–Crippen MR) is 76.3 cm³/mol. The van der Waals surface area contributed by atoms with Crippen LogP contribution in [0.5, 0.6) is 5.75 Å². The third-order valence-corrected chi connectivity index (χ3v) is 3.38. The zero-order chi connectivity index (χ0) is 14.6. The standard InChI is InChI=1S/C14H20N2O4/c1-3-19-13-8-11(7-12(9-13)16(17)18)15-10-14(2)5-4-6-20-14/h7-9,15H,3-6,10H2,1-2H3. The normalized spacial score (nSPS) is 21.7. The van der Waals surface area contributed by atoms with E-state index in [9.17, 15) is 10.1 Å². The Hall–Kier alpha value is -1.82.